The fourth-order valence-corrected chi connectivity index (χ4v) is 2.43. The Labute approximate surface area is 96.8 Å². The van der Waals surface area contributed by atoms with Crippen LogP contribution in [-0.4, -0.2) is 22.8 Å². The molecule has 0 spiro atoms. The lowest BCUT2D eigenvalue weighted by atomic mass is 9.92. The number of nitrogens with zero attached hydrogens (tertiary/aromatic N) is 2. The standard InChI is InChI=1S/C12H21N3O/c1-9(13)12-7-14-8-15(12)10(2)11-3-5-16-6-4-11/h7-11H,3-6,13H2,1-2H3/t9-,10?/m0/s1. The maximum absolute atomic E-state index is 5.94. The fourth-order valence-electron chi connectivity index (χ4n) is 2.43. The maximum Gasteiger partial charge on any atom is 0.0951 e. The molecule has 1 unspecified atom stereocenters. The Morgan fingerprint density at radius 1 is 1.44 bits per heavy atom. The van der Waals surface area contributed by atoms with Gasteiger partial charge in [0.15, 0.2) is 0 Å². The normalized spacial score (nSPS) is 21.9. The number of hydrogen-bond donors (Lipinski definition) is 1. The number of hydrogen-bond acceptors (Lipinski definition) is 3. The second-order valence-electron chi connectivity index (χ2n) is 4.70. The number of ether oxygens (including phenoxy) is 1. The first-order valence-corrected chi connectivity index (χ1v) is 6.05. The van der Waals surface area contributed by atoms with E-state index < -0.39 is 0 Å². The second kappa shape index (κ2) is 4.97. The van der Waals surface area contributed by atoms with Crippen LogP contribution in [0.2, 0.25) is 0 Å². The first-order chi connectivity index (χ1) is 7.70. The van der Waals surface area contributed by atoms with Gasteiger partial charge in [0.2, 0.25) is 0 Å². The van der Waals surface area contributed by atoms with E-state index in [1.54, 1.807) is 0 Å². The van der Waals surface area contributed by atoms with Crippen LogP contribution >= 0.6 is 0 Å². The molecule has 0 saturated carbocycles. The smallest absolute Gasteiger partial charge is 0.0951 e. The van der Waals surface area contributed by atoms with Crippen molar-refractivity contribution in [3.63, 3.8) is 0 Å². The highest BCUT2D eigenvalue weighted by atomic mass is 16.5. The third-order valence-corrected chi connectivity index (χ3v) is 3.55. The van der Waals surface area contributed by atoms with Gasteiger partial charge in [-0.3, -0.25) is 0 Å². The highest BCUT2D eigenvalue weighted by Crippen LogP contribution is 2.29. The van der Waals surface area contributed by atoms with Gasteiger partial charge in [-0.1, -0.05) is 0 Å². The van der Waals surface area contributed by atoms with Crippen molar-refractivity contribution in [2.75, 3.05) is 13.2 Å². The van der Waals surface area contributed by atoms with Crippen LogP contribution in [-0.2, 0) is 4.74 Å². The van der Waals surface area contributed by atoms with Crippen LogP contribution in [0.15, 0.2) is 12.5 Å². The zero-order valence-electron chi connectivity index (χ0n) is 10.1. The third-order valence-electron chi connectivity index (χ3n) is 3.55. The number of imidazole rings is 1. The fraction of sp³-hybridized carbons (Fsp3) is 0.750. The van der Waals surface area contributed by atoms with E-state index in [4.69, 9.17) is 10.5 Å². The van der Waals surface area contributed by atoms with Gasteiger partial charge in [0.05, 0.1) is 12.0 Å². The number of nitrogens with two attached hydrogens (primary N) is 1. The van der Waals surface area contributed by atoms with Crippen molar-refractivity contribution < 1.29 is 4.74 Å². The van der Waals surface area contributed by atoms with Gasteiger partial charge in [-0.15, -0.1) is 0 Å². The van der Waals surface area contributed by atoms with Gasteiger partial charge in [0.1, 0.15) is 0 Å². The molecular formula is C12H21N3O. The van der Waals surface area contributed by atoms with Crippen molar-refractivity contribution in [2.45, 2.75) is 38.8 Å². The summed E-state index contributed by atoms with van der Waals surface area (Å²) in [6.45, 7) is 6.03. The van der Waals surface area contributed by atoms with Gasteiger partial charge in [0.25, 0.3) is 0 Å². The lowest BCUT2D eigenvalue weighted by Gasteiger charge is -2.30. The summed E-state index contributed by atoms with van der Waals surface area (Å²) in [7, 11) is 0. The van der Waals surface area contributed by atoms with E-state index in [1.165, 1.54) is 0 Å². The van der Waals surface area contributed by atoms with E-state index in [2.05, 4.69) is 16.5 Å². The SMILES string of the molecule is CC(C1CCOCC1)n1cncc1[C@H](C)N. The zero-order chi connectivity index (χ0) is 11.5. The summed E-state index contributed by atoms with van der Waals surface area (Å²) in [6, 6.07) is 0.511. The summed E-state index contributed by atoms with van der Waals surface area (Å²) in [5, 5.41) is 0. The van der Waals surface area contributed by atoms with Crippen LogP contribution in [0, 0.1) is 5.92 Å². The van der Waals surface area contributed by atoms with Crippen LogP contribution in [0.3, 0.4) is 0 Å². The minimum Gasteiger partial charge on any atom is -0.381 e. The Bertz CT molecular complexity index is 329. The van der Waals surface area contributed by atoms with Gasteiger partial charge in [-0.2, -0.15) is 0 Å². The Balaban J connectivity index is 2.12. The first kappa shape index (κ1) is 11.6. The van der Waals surface area contributed by atoms with Gasteiger partial charge in [0, 0.05) is 31.5 Å². The molecule has 0 amide bonds. The molecule has 1 saturated heterocycles. The van der Waals surface area contributed by atoms with Crippen molar-refractivity contribution in [3.05, 3.63) is 18.2 Å². The summed E-state index contributed by atoms with van der Waals surface area (Å²) in [6.07, 6.45) is 6.05. The first-order valence-electron chi connectivity index (χ1n) is 6.05. The highest BCUT2D eigenvalue weighted by Gasteiger charge is 2.23. The van der Waals surface area contributed by atoms with Crippen molar-refractivity contribution in [2.24, 2.45) is 11.7 Å². The summed E-state index contributed by atoms with van der Waals surface area (Å²) >= 11 is 0. The Kier molecular flexibility index (Phi) is 3.61. The van der Waals surface area contributed by atoms with Crippen LogP contribution in [0.4, 0.5) is 0 Å². The van der Waals surface area contributed by atoms with E-state index in [1.807, 2.05) is 19.4 Å². The average molecular weight is 223 g/mol. The topological polar surface area (TPSA) is 53.1 Å². The minimum atomic E-state index is 0.0461. The molecule has 0 radical (unpaired) electrons. The molecule has 4 heteroatoms. The quantitative estimate of drug-likeness (QED) is 0.851. The van der Waals surface area contributed by atoms with E-state index in [0.717, 1.165) is 31.7 Å². The minimum absolute atomic E-state index is 0.0461. The number of rotatable bonds is 3. The van der Waals surface area contributed by atoms with Gasteiger partial charge < -0.3 is 15.0 Å². The molecule has 2 atom stereocenters. The lowest BCUT2D eigenvalue weighted by molar-refractivity contribution is 0.0509. The monoisotopic (exact) mass is 223 g/mol. The summed E-state index contributed by atoms with van der Waals surface area (Å²) in [5.41, 5.74) is 7.06. The highest BCUT2D eigenvalue weighted by molar-refractivity contribution is 5.05. The second-order valence-corrected chi connectivity index (χ2v) is 4.70. The predicted molar refractivity (Wildman–Crippen MR) is 63.1 cm³/mol. The Morgan fingerprint density at radius 3 is 2.75 bits per heavy atom. The average Bonchev–Trinajstić information content (AvgIpc) is 2.78. The molecule has 0 bridgehead atoms. The van der Waals surface area contributed by atoms with E-state index in [-0.39, 0.29) is 6.04 Å². The summed E-state index contributed by atoms with van der Waals surface area (Å²) in [5.74, 6) is 0.681. The Morgan fingerprint density at radius 2 is 2.12 bits per heavy atom. The Hall–Kier alpha value is -0.870. The maximum atomic E-state index is 5.94. The van der Waals surface area contributed by atoms with Crippen molar-refractivity contribution in [1.82, 2.24) is 9.55 Å². The molecule has 2 N–H and O–H groups in total. The van der Waals surface area contributed by atoms with Crippen LogP contribution in [0.5, 0.6) is 0 Å². The zero-order valence-corrected chi connectivity index (χ0v) is 10.1. The van der Waals surface area contributed by atoms with Crippen LogP contribution in [0.1, 0.15) is 44.5 Å². The van der Waals surface area contributed by atoms with Gasteiger partial charge in [-0.05, 0) is 32.6 Å². The molecule has 1 aliphatic rings. The molecule has 0 aromatic carbocycles. The molecule has 2 rings (SSSR count). The molecule has 90 valence electrons. The molecule has 1 aromatic heterocycles. The van der Waals surface area contributed by atoms with E-state index >= 15 is 0 Å². The molecule has 16 heavy (non-hydrogen) atoms. The molecule has 0 aliphatic carbocycles. The summed E-state index contributed by atoms with van der Waals surface area (Å²) in [4.78, 5) is 4.21. The third kappa shape index (κ3) is 2.28. The van der Waals surface area contributed by atoms with Crippen molar-refractivity contribution in [3.8, 4) is 0 Å². The van der Waals surface area contributed by atoms with Crippen molar-refractivity contribution in [1.29, 1.82) is 0 Å². The molecule has 4 nitrogen and oxygen atoms in total. The molecule has 1 fully saturated rings. The van der Waals surface area contributed by atoms with Crippen LogP contribution < -0.4 is 5.73 Å². The lowest BCUT2D eigenvalue weighted by Crippen LogP contribution is -2.25. The van der Waals surface area contributed by atoms with Gasteiger partial charge >= 0.3 is 0 Å². The van der Waals surface area contributed by atoms with E-state index in [0.29, 0.717) is 12.0 Å². The van der Waals surface area contributed by atoms with Crippen LogP contribution in [0.25, 0.3) is 0 Å². The largest absolute Gasteiger partial charge is 0.381 e. The van der Waals surface area contributed by atoms with Gasteiger partial charge in [-0.25, -0.2) is 4.98 Å². The molecular weight excluding hydrogens is 202 g/mol. The predicted octanol–water partition coefficient (Wildman–Crippen LogP) is 1.89. The van der Waals surface area contributed by atoms with E-state index in [9.17, 15) is 0 Å². The summed E-state index contributed by atoms with van der Waals surface area (Å²) < 4.78 is 7.62. The molecule has 2 heterocycles. The molecule has 1 aliphatic heterocycles. The number of aromatic nitrogens is 2. The molecule has 1 aromatic rings. The van der Waals surface area contributed by atoms with Crippen molar-refractivity contribution >= 4 is 0 Å².